The second kappa shape index (κ2) is 9.77. The summed E-state index contributed by atoms with van der Waals surface area (Å²) >= 11 is 1.93. The molecule has 1 atom stereocenters. The highest BCUT2D eigenvalue weighted by Crippen LogP contribution is 2.08. The van der Waals surface area contributed by atoms with Gasteiger partial charge in [-0.2, -0.15) is 11.8 Å². The molecule has 3 N–H and O–H groups in total. The van der Waals surface area contributed by atoms with Crippen molar-refractivity contribution >= 4 is 11.8 Å². The van der Waals surface area contributed by atoms with E-state index in [1.54, 1.807) is 0 Å². The number of hydrogen-bond donors (Lipinski definition) is 2. The number of hydrogen-bond acceptors (Lipinski definition) is 4. The minimum absolute atomic E-state index is 0.283. The minimum Gasteiger partial charge on any atom is -0.380 e. The smallest absolute Gasteiger partial charge is 0.0641 e. The Morgan fingerprint density at radius 2 is 2.07 bits per heavy atom. The number of rotatable bonds is 9. The predicted octanol–water partition coefficient (Wildman–Crippen LogP) is 1.63. The van der Waals surface area contributed by atoms with Crippen LogP contribution in [0.15, 0.2) is 0 Å². The lowest BCUT2D eigenvalue weighted by molar-refractivity contribution is 0.117. The second-order valence-electron chi connectivity index (χ2n) is 3.87. The first-order valence-electron chi connectivity index (χ1n) is 5.32. The van der Waals surface area contributed by atoms with E-state index in [-0.39, 0.29) is 6.04 Å². The lowest BCUT2D eigenvalue weighted by Crippen LogP contribution is -2.40. The number of hydrazine groups is 1. The molecule has 0 heterocycles. The summed E-state index contributed by atoms with van der Waals surface area (Å²) in [5.41, 5.74) is 2.79. The van der Waals surface area contributed by atoms with Gasteiger partial charge in [0.05, 0.1) is 12.6 Å². The van der Waals surface area contributed by atoms with E-state index in [2.05, 4.69) is 26.2 Å². The molecule has 86 valence electrons. The Bertz CT molecular complexity index is 123. The summed E-state index contributed by atoms with van der Waals surface area (Å²) in [6.07, 6.45) is 1.07. The largest absolute Gasteiger partial charge is 0.380 e. The van der Waals surface area contributed by atoms with E-state index >= 15 is 0 Å². The quantitative estimate of drug-likeness (QED) is 0.352. The second-order valence-corrected chi connectivity index (χ2v) is 4.94. The highest BCUT2D eigenvalue weighted by Gasteiger charge is 2.06. The first kappa shape index (κ1) is 14.2. The third kappa shape index (κ3) is 8.81. The van der Waals surface area contributed by atoms with Crippen molar-refractivity contribution in [3.05, 3.63) is 0 Å². The SMILES string of the molecule is CCCOCC(CSCC(C)C)NN. The zero-order valence-electron chi connectivity index (χ0n) is 9.58. The van der Waals surface area contributed by atoms with Crippen molar-refractivity contribution in [2.75, 3.05) is 24.7 Å². The van der Waals surface area contributed by atoms with Gasteiger partial charge in [0.1, 0.15) is 0 Å². The molecule has 0 aliphatic rings. The third-order valence-electron chi connectivity index (χ3n) is 1.67. The summed E-state index contributed by atoms with van der Waals surface area (Å²) in [7, 11) is 0. The van der Waals surface area contributed by atoms with Crippen molar-refractivity contribution in [2.24, 2.45) is 11.8 Å². The number of nitrogens with one attached hydrogen (secondary N) is 1. The number of ether oxygens (including phenoxy) is 1. The summed E-state index contributed by atoms with van der Waals surface area (Å²) in [6.45, 7) is 8.11. The average Bonchev–Trinajstić information content (AvgIpc) is 2.15. The van der Waals surface area contributed by atoms with E-state index in [9.17, 15) is 0 Å². The number of thioether (sulfide) groups is 1. The van der Waals surface area contributed by atoms with Crippen molar-refractivity contribution in [3.63, 3.8) is 0 Å². The Hall–Kier alpha value is 0.230. The highest BCUT2D eigenvalue weighted by atomic mass is 32.2. The summed E-state index contributed by atoms with van der Waals surface area (Å²) < 4.78 is 5.44. The maximum Gasteiger partial charge on any atom is 0.0641 e. The predicted molar refractivity (Wildman–Crippen MR) is 64.4 cm³/mol. The zero-order valence-corrected chi connectivity index (χ0v) is 10.4. The minimum atomic E-state index is 0.283. The Balaban J connectivity index is 3.38. The fraction of sp³-hybridized carbons (Fsp3) is 1.00. The number of nitrogens with two attached hydrogens (primary N) is 1. The Kier molecular flexibility index (Phi) is 9.93. The molecule has 0 aliphatic heterocycles. The molecular formula is C10H24N2OS. The standard InChI is InChI=1S/C10H24N2OS/c1-4-5-13-6-10(12-11)8-14-7-9(2)3/h9-10,12H,4-8,11H2,1-3H3. The van der Waals surface area contributed by atoms with Gasteiger partial charge in [0.15, 0.2) is 0 Å². The normalized spacial score (nSPS) is 13.5. The van der Waals surface area contributed by atoms with Crippen LogP contribution in [0.5, 0.6) is 0 Å². The Morgan fingerprint density at radius 3 is 2.57 bits per heavy atom. The van der Waals surface area contributed by atoms with Crippen LogP contribution in [0, 0.1) is 5.92 Å². The van der Waals surface area contributed by atoms with Gasteiger partial charge in [0.25, 0.3) is 0 Å². The maximum absolute atomic E-state index is 5.44. The molecule has 0 saturated carbocycles. The van der Waals surface area contributed by atoms with Crippen LogP contribution in [0.3, 0.4) is 0 Å². The molecule has 0 rings (SSSR count). The molecule has 1 unspecified atom stereocenters. The van der Waals surface area contributed by atoms with Crippen molar-refractivity contribution in [1.29, 1.82) is 0 Å². The summed E-state index contributed by atoms with van der Waals surface area (Å²) in [5, 5.41) is 0. The van der Waals surface area contributed by atoms with Gasteiger partial charge in [0, 0.05) is 12.4 Å². The van der Waals surface area contributed by atoms with Crippen molar-refractivity contribution in [1.82, 2.24) is 5.43 Å². The van der Waals surface area contributed by atoms with Gasteiger partial charge in [-0.1, -0.05) is 20.8 Å². The molecular weight excluding hydrogens is 196 g/mol. The molecule has 0 aromatic heterocycles. The van der Waals surface area contributed by atoms with Crippen LogP contribution < -0.4 is 11.3 Å². The van der Waals surface area contributed by atoms with Gasteiger partial charge in [-0.3, -0.25) is 11.3 Å². The van der Waals surface area contributed by atoms with E-state index in [4.69, 9.17) is 10.6 Å². The molecule has 14 heavy (non-hydrogen) atoms. The molecule has 0 aliphatic carbocycles. The lowest BCUT2D eigenvalue weighted by atomic mass is 10.3. The Morgan fingerprint density at radius 1 is 1.36 bits per heavy atom. The van der Waals surface area contributed by atoms with Crippen LogP contribution in [0.4, 0.5) is 0 Å². The Labute approximate surface area is 92.1 Å². The van der Waals surface area contributed by atoms with Gasteiger partial charge < -0.3 is 4.74 Å². The topological polar surface area (TPSA) is 47.3 Å². The molecule has 0 spiro atoms. The molecule has 0 amide bonds. The lowest BCUT2D eigenvalue weighted by Gasteiger charge is -2.16. The molecule has 0 bridgehead atoms. The molecule has 0 aromatic rings. The van der Waals surface area contributed by atoms with E-state index < -0.39 is 0 Å². The first-order valence-corrected chi connectivity index (χ1v) is 6.47. The van der Waals surface area contributed by atoms with E-state index in [0.29, 0.717) is 0 Å². The zero-order chi connectivity index (χ0) is 10.8. The maximum atomic E-state index is 5.44. The van der Waals surface area contributed by atoms with E-state index in [1.807, 2.05) is 11.8 Å². The molecule has 0 aromatic carbocycles. The molecule has 0 radical (unpaired) electrons. The highest BCUT2D eigenvalue weighted by molar-refractivity contribution is 7.99. The van der Waals surface area contributed by atoms with Crippen molar-refractivity contribution < 1.29 is 4.74 Å². The van der Waals surface area contributed by atoms with Gasteiger partial charge in [-0.15, -0.1) is 0 Å². The van der Waals surface area contributed by atoms with Crippen LogP contribution in [0.2, 0.25) is 0 Å². The van der Waals surface area contributed by atoms with E-state index in [0.717, 1.165) is 31.3 Å². The van der Waals surface area contributed by atoms with Crippen LogP contribution in [-0.2, 0) is 4.74 Å². The summed E-state index contributed by atoms with van der Waals surface area (Å²) in [5.74, 6) is 8.39. The summed E-state index contributed by atoms with van der Waals surface area (Å²) in [6, 6.07) is 0.283. The van der Waals surface area contributed by atoms with Crippen LogP contribution in [0.1, 0.15) is 27.2 Å². The monoisotopic (exact) mass is 220 g/mol. The molecule has 0 saturated heterocycles. The molecule has 4 heteroatoms. The van der Waals surface area contributed by atoms with Gasteiger partial charge >= 0.3 is 0 Å². The first-order chi connectivity index (χ1) is 6.70. The fourth-order valence-electron chi connectivity index (χ4n) is 0.960. The van der Waals surface area contributed by atoms with E-state index in [1.165, 1.54) is 5.75 Å². The van der Waals surface area contributed by atoms with Crippen LogP contribution >= 0.6 is 11.8 Å². The van der Waals surface area contributed by atoms with Gasteiger partial charge in [0.2, 0.25) is 0 Å². The molecule has 3 nitrogen and oxygen atoms in total. The van der Waals surface area contributed by atoms with Gasteiger partial charge in [-0.05, 0) is 18.1 Å². The third-order valence-corrected chi connectivity index (χ3v) is 3.21. The van der Waals surface area contributed by atoms with Crippen LogP contribution in [0.25, 0.3) is 0 Å². The van der Waals surface area contributed by atoms with Crippen molar-refractivity contribution in [2.45, 2.75) is 33.2 Å². The molecule has 0 fully saturated rings. The fourth-order valence-corrected chi connectivity index (χ4v) is 2.04. The van der Waals surface area contributed by atoms with Crippen molar-refractivity contribution in [3.8, 4) is 0 Å². The summed E-state index contributed by atoms with van der Waals surface area (Å²) in [4.78, 5) is 0. The van der Waals surface area contributed by atoms with Gasteiger partial charge in [-0.25, -0.2) is 0 Å². The van der Waals surface area contributed by atoms with Crippen LogP contribution in [-0.4, -0.2) is 30.8 Å². The average molecular weight is 220 g/mol.